The minimum absolute atomic E-state index is 0.386. The van der Waals surface area contributed by atoms with Crippen molar-refractivity contribution in [2.75, 3.05) is 5.73 Å². The van der Waals surface area contributed by atoms with Crippen LogP contribution in [0, 0.1) is 0 Å². The molecule has 0 saturated heterocycles. The van der Waals surface area contributed by atoms with Crippen LogP contribution in [0.15, 0.2) is 57.6 Å². The molecule has 2 N–H and O–H groups in total. The Morgan fingerprint density at radius 2 is 1.62 bits per heavy atom. The Hall–Kier alpha value is -1.79. The van der Waals surface area contributed by atoms with Gasteiger partial charge in [0.1, 0.15) is 11.5 Å². The first-order chi connectivity index (χ1) is 10.2. The monoisotopic (exact) mass is 404 g/mol. The summed E-state index contributed by atoms with van der Waals surface area (Å²) in [5.41, 5.74) is 8.38. The van der Waals surface area contributed by atoms with E-state index in [1.54, 1.807) is 6.20 Å². The average Bonchev–Trinajstić information content (AvgIpc) is 2.51. The van der Waals surface area contributed by atoms with Crippen molar-refractivity contribution < 1.29 is 0 Å². The van der Waals surface area contributed by atoms with E-state index in [1.807, 2.05) is 42.5 Å². The maximum atomic E-state index is 6.01. The molecule has 3 rings (SSSR count). The molecule has 4 nitrogen and oxygen atoms in total. The molecule has 3 aromatic rings. The standard InChI is InChI=1S/C15H10Br2N4/c16-10-7-4-8-19-13(10)15-20-12(11(17)14(18)21-15)9-5-2-1-3-6-9/h1-8H,(H2,18,20,21). The molecule has 0 amide bonds. The van der Waals surface area contributed by atoms with Gasteiger partial charge in [-0.3, -0.25) is 4.98 Å². The second kappa shape index (κ2) is 5.91. The quantitative estimate of drug-likeness (QED) is 0.689. The van der Waals surface area contributed by atoms with Gasteiger partial charge >= 0.3 is 0 Å². The van der Waals surface area contributed by atoms with Crippen molar-refractivity contribution in [3.05, 3.63) is 57.6 Å². The number of hydrogen-bond acceptors (Lipinski definition) is 4. The molecule has 2 heterocycles. The summed E-state index contributed by atoms with van der Waals surface area (Å²) in [6, 6.07) is 13.6. The number of anilines is 1. The van der Waals surface area contributed by atoms with Crippen LogP contribution in [0.1, 0.15) is 0 Å². The van der Waals surface area contributed by atoms with E-state index in [-0.39, 0.29) is 0 Å². The van der Waals surface area contributed by atoms with Crippen LogP contribution in [0.4, 0.5) is 5.82 Å². The molecule has 0 aliphatic heterocycles. The summed E-state index contributed by atoms with van der Waals surface area (Å²) >= 11 is 6.92. The lowest BCUT2D eigenvalue weighted by Gasteiger charge is -2.09. The summed E-state index contributed by atoms with van der Waals surface area (Å²) in [6.45, 7) is 0. The summed E-state index contributed by atoms with van der Waals surface area (Å²) < 4.78 is 1.51. The normalized spacial score (nSPS) is 10.6. The fraction of sp³-hybridized carbons (Fsp3) is 0. The molecule has 0 radical (unpaired) electrons. The molecular formula is C15H10Br2N4. The van der Waals surface area contributed by atoms with Crippen LogP contribution < -0.4 is 5.73 Å². The van der Waals surface area contributed by atoms with Gasteiger partial charge in [0.05, 0.1) is 10.2 Å². The predicted molar refractivity (Wildman–Crippen MR) is 90.5 cm³/mol. The van der Waals surface area contributed by atoms with Gasteiger partial charge in [0.15, 0.2) is 5.82 Å². The number of halogens is 2. The Morgan fingerprint density at radius 3 is 2.33 bits per heavy atom. The second-order valence-corrected chi connectivity index (χ2v) is 5.94. The van der Waals surface area contributed by atoms with Crippen molar-refractivity contribution in [2.45, 2.75) is 0 Å². The molecule has 0 saturated carbocycles. The van der Waals surface area contributed by atoms with E-state index in [9.17, 15) is 0 Å². The molecule has 0 fully saturated rings. The van der Waals surface area contributed by atoms with Crippen molar-refractivity contribution in [3.63, 3.8) is 0 Å². The van der Waals surface area contributed by atoms with E-state index in [1.165, 1.54) is 0 Å². The molecular weight excluding hydrogens is 396 g/mol. The SMILES string of the molecule is Nc1nc(-c2ncccc2Br)nc(-c2ccccc2)c1Br. The first-order valence-electron chi connectivity index (χ1n) is 6.16. The Kier molecular flexibility index (Phi) is 3.98. The van der Waals surface area contributed by atoms with Gasteiger partial charge in [-0.2, -0.15) is 0 Å². The fourth-order valence-electron chi connectivity index (χ4n) is 1.91. The first kappa shape index (κ1) is 14.2. The molecule has 104 valence electrons. The highest BCUT2D eigenvalue weighted by atomic mass is 79.9. The van der Waals surface area contributed by atoms with Gasteiger partial charge in [-0.25, -0.2) is 9.97 Å². The van der Waals surface area contributed by atoms with Gasteiger partial charge in [-0.1, -0.05) is 30.3 Å². The molecule has 2 aromatic heterocycles. The minimum Gasteiger partial charge on any atom is -0.383 e. The molecule has 6 heteroatoms. The number of hydrogen-bond donors (Lipinski definition) is 1. The summed E-state index contributed by atoms with van der Waals surface area (Å²) in [4.78, 5) is 13.2. The zero-order valence-corrected chi connectivity index (χ0v) is 14.0. The van der Waals surface area contributed by atoms with E-state index < -0.39 is 0 Å². The summed E-state index contributed by atoms with van der Waals surface area (Å²) in [6.07, 6.45) is 1.70. The average molecular weight is 406 g/mol. The lowest BCUT2D eigenvalue weighted by molar-refractivity contribution is 1.13. The van der Waals surface area contributed by atoms with Crippen LogP contribution in [0.3, 0.4) is 0 Å². The Balaban J connectivity index is 2.22. The van der Waals surface area contributed by atoms with Crippen LogP contribution in [0.25, 0.3) is 22.8 Å². The summed E-state index contributed by atoms with van der Waals surface area (Å²) in [7, 11) is 0. The van der Waals surface area contributed by atoms with Gasteiger partial charge in [0.25, 0.3) is 0 Å². The third-order valence-electron chi connectivity index (χ3n) is 2.89. The van der Waals surface area contributed by atoms with E-state index in [4.69, 9.17) is 5.73 Å². The fourth-order valence-corrected chi connectivity index (χ4v) is 2.75. The maximum absolute atomic E-state index is 6.01. The van der Waals surface area contributed by atoms with Crippen molar-refractivity contribution in [3.8, 4) is 22.8 Å². The van der Waals surface area contributed by atoms with Crippen LogP contribution >= 0.6 is 31.9 Å². The van der Waals surface area contributed by atoms with E-state index >= 15 is 0 Å². The summed E-state index contributed by atoms with van der Waals surface area (Å²) in [5, 5.41) is 0. The van der Waals surface area contributed by atoms with Gasteiger partial charge in [0.2, 0.25) is 0 Å². The van der Waals surface area contributed by atoms with E-state index in [2.05, 4.69) is 46.8 Å². The zero-order valence-electron chi connectivity index (χ0n) is 10.8. The molecule has 0 bridgehead atoms. The summed E-state index contributed by atoms with van der Waals surface area (Å²) in [5.74, 6) is 0.874. The van der Waals surface area contributed by atoms with Crippen LogP contribution in [0.5, 0.6) is 0 Å². The Morgan fingerprint density at radius 1 is 0.857 bits per heavy atom. The van der Waals surface area contributed by atoms with Crippen molar-refractivity contribution in [2.24, 2.45) is 0 Å². The van der Waals surface area contributed by atoms with Crippen molar-refractivity contribution in [1.82, 2.24) is 15.0 Å². The number of benzene rings is 1. The number of nitrogen functional groups attached to an aromatic ring is 1. The lowest BCUT2D eigenvalue weighted by Crippen LogP contribution is -2.01. The van der Waals surface area contributed by atoms with Crippen LogP contribution in [0.2, 0.25) is 0 Å². The highest BCUT2D eigenvalue weighted by Gasteiger charge is 2.15. The molecule has 0 atom stereocenters. The Bertz CT molecular complexity index is 791. The molecule has 1 aromatic carbocycles. The van der Waals surface area contributed by atoms with Gasteiger partial charge in [-0.05, 0) is 44.0 Å². The van der Waals surface area contributed by atoms with E-state index in [0.717, 1.165) is 15.7 Å². The largest absolute Gasteiger partial charge is 0.383 e. The number of nitrogens with zero attached hydrogens (tertiary/aromatic N) is 3. The van der Waals surface area contributed by atoms with Crippen LogP contribution in [-0.2, 0) is 0 Å². The second-order valence-electron chi connectivity index (χ2n) is 4.29. The van der Waals surface area contributed by atoms with E-state index in [0.29, 0.717) is 21.8 Å². The number of nitrogens with two attached hydrogens (primary N) is 1. The highest BCUT2D eigenvalue weighted by Crippen LogP contribution is 2.33. The molecule has 0 unspecified atom stereocenters. The number of pyridine rings is 1. The van der Waals surface area contributed by atoms with Gasteiger partial charge < -0.3 is 5.73 Å². The molecule has 21 heavy (non-hydrogen) atoms. The minimum atomic E-state index is 0.386. The van der Waals surface area contributed by atoms with Gasteiger partial charge in [0, 0.05) is 16.2 Å². The van der Waals surface area contributed by atoms with Gasteiger partial charge in [-0.15, -0.1) is 0 Å². The third kappa shape index (κ3) is 2.82. The molecule has 0 aliphatic carbocycles. The highest BCUT2D eigenvalue weighted by molar-refractivity contribution is 9.11. The smallest absolute Gasteiger partial charge is 0.182 e. The zero-order chi connectivity index (χ0) is 14.8. The third-order valence-corrected chi connectivity index (χ3v) is 4.32. The molecule has 0 aliphatic rings. The van der Waals surface area contributed by atoms with Crippen molar-refractivity contribution in [1.29, 1.82) is 0 Å². The Labute approximate surface area is 138 Å². The number of rotatable bonds is 2. The number of aromatic nitrogens is 3. The topological polar surface area (TPSA) is 64.7 Å². The first-order valence-corrected chi connectivity index (χ1v) is 7.74. The van der Waals surface area contributed by atoms with Crippen molar-refractivity contribution >= 4 is 37.7 Å². The lowest BCUT2D eigenvalue weighted by atomic mass is 10.1. The molecule has 0 spiro atoms. The predicted octanol–water partition coefficient (Wildman–Crippen LogP) is 4.31. The van der Waals surface area contributed by atoms with Crippen LogP contribution in [-0.4, -0.2) is 15.0 Å². The maximum Gasteiger partial charge on any atom is 0.182 e.